The van der Waals surface area contributed by atoms with Crippen LogP contribution in [-0.2, 0) is 5.41 Å². The Hall–Kier alpha value is -1.91. The maximum absolute atomic E-state index is 12.1. The van der Waals surface area contributed by atoms with Crippen LogP contribution in [0, 0.1) is 0 Å². The highest BCUT2D eigenvalue weighted by Crippen LogP contribution is 2.42. The molecule has 0 radical (unpaired) electrons. The van der Waals surface area contributed by atoms with Gasteiger partial charge in [-0.3, -0.25) is 0 Å². The largest absolute Gasteiger partial charge is 0.493 e. The summed E-state index contributed by atoms with van der Waals surface area (Å²) in [6.45, 7) is 0.668. The van der Waals surface area contributed by atoms with Crippen LogP contribution >= 0.6 is 0 Å². The molecule has 0 heterocycles. The Labute approximate surface area is 144 Å². The molecule has 1 aromatic carbocycles. The van der Waals surface area contributed by atoms with E-state index in [0.717, 1.165) is 37.2 Å². The van der Waals surface area contributed by atoms with Crippen molar-refractivity contribution in [2.45, 2.75) is 56.4 Å². The van der Waals surface area contributed by atoms with E-state index in [2.05, 4.69) is 22.8 Å². The lowest BCUT2D eigenvalue weighted by Gasteiger charge is -2.38. The van der Waals surface area contributed by atoms with Crippen LogP contribution in [0.1, 0.15) is 50.5 Å². The zero-order valence-electron chi connectivity index (χ0n) is 14.7. The van der Waals surface area contributed by atoms with Crippen molar-refractivity contribution in [3.8, 4) is 11.5 Å². The Bertz CT molecular complexity index is 578. The van der Waals surface area contributed by atoms with Gasteiger partial charge in [0.05, 0.1) is 14.2 Å². The van der Waals surface area contributed by atoms with Gasteiger partial charge in [-0.05, 0) is 43.4 Å². The number of benzene rings is 1. The van der Waals surface area contributed by atoms with Gasteiger partial charge in [-0.1, -0.05) is 25.3 Å². The number of carbonyl (C=O) groups excluding carboxylic acids is 1. The highest BCUT2D eigenvalue weighted by Gasteiger charge is 2.35. The van der Waals surface area contributed by atoms with Gasteiger partial charge in [0.15, 0.2) is 11.5 Å². The van der Waals surface area contributed by atoms with E-state index in [-0.39, 0.29) is 11.4 Å². The minimum atomic E-state index is -0.0390. The van der Waals surface area contributed by atoms with Crippen molar-refractivity contribution in [3.05, 3.63) is 23.8 Å². The number of methoxy groups -OCH3 is 2. The van der Waals surface area contributed by atoms with Gasteiger partial charge in [-0.25, -0.2) is 4.79 Å². The highest BCUT2D eigenvalue weighted by molar-refractivity contribution is 5.74. The summed E-state index contributed by atoms with van der Waals surface area (Å²) in [5.74, 6) is 1.49. The highest BCUT2D eigenvalue weighted by atomic mass is 16.5. The molecular weight excluding hydrogens is 304 g/mol. The van der Waals surface area contributed by atoms with Gasteiger partial charge < -0.3 is 20.1 Å². The van der Waals surface area contributed by atoms with Gasteiger partial charge in [0.2, 0.25) is 0 Å². The van der Waals surface area contributed by atoms with E-state index in [0.29, 0.717) is 12.6 Å². The fourth-order valence-corrected chi connectivity index (χ4v) is 3.68. The third-order valence-corrected chi connectivity index (χ3v) is 5.31. The average Bonchev–Trinajstić information content (AvgIpc) is 3.44. The first-order chi connectivity index (χ1) is 11.7. The third kappa shape index (κ3) is 3.77. The Morgan fingerprint density at radius 1 is 1.12 bits per heavy atom. The van der Waals surface area contributed by atoms with Crippen molar-refractivity contribution >= 4 is 6.03 Å². The summed E-state index contributed by atoms with van der Waals surface area (Å²) in [7, 11) is 3.31. The van der Waals surface area contributed by atoms with Crippen molar-refractivity contribution in [1.82, 2.24) is 10.6 Å². The van der Waals surface area contributed by atoms with Gasteiger partial charge in [0, 0.05) is 18.0 Å². The van der Waals surface area contributed by atoms with Crippen LogP contribution in [-0.4, -0.2) is 32.8 Å². The number of hydrogen-bond donors (Lipinski definition) is 2. The Morgan fingerprint density at radius 3 is 2.46 bits per heavy atom. The van der Waals surface area contributed by atoms with Crippen LogP contribution in [0.2, 0.25) is 0 Å². The fraction of sp³-hybridized carbons (Fsp3) is 0.632. The number of hydrogen-bond acceptors (Lipinski definition) is 3. The topological polar surface area (TPSA) is 59.6 Å². The summed E-state index contributed by atoms with van der Waals surface area (Å²) in [5, 5.41) is 6.12. The lowest BCUT2D eigenvalue weighted by Crippen LogP contribution is -2.46. The van der Waals surface area contributed by atoms with E-state index in [1.807, 2.05) is 6.07 Å². The van der Waals surface area contributed by atoms with Gasteiger partial charge >= 0.3 is 6.03 Å². The second kappa shape index (κ2) is 7.32. The second-order valence-corrected chi connectivity index (χ2v) is 7.01. The minimum absolute atomic E-state index is 0.0152. The van der Waals surface area contributed by atoms with Gasteiger partial charge in [-0.15, -0.1) is 0 Å². The first kappa shape index (κ1) is 16.9. The number of amides is 2. The molecule has 0 aromatic heterocycles. The number of rotatable bonds is 6. The van der Waals surface area contributed by atoms with Crippen LogP contribution in [0.3, 0.4) is 0 Å². The molecule has 0 bridgehead atoms. The van der Waals surface area contributed by atoms with Crippen LogP contribution in [0.15, 0.2) is 18.2 Å². The normalized spacial score (nSPS) is 19.4. The maximum atomic E-state index is 12.1. The van der Waals surface area contributed by atoms with E-state index in [1.54, 1.807) is 14.2 Å². The predicted octanol–water partition coefficient (Wildman–Crippen LogP) is 3.37. The molecule has 5 nitrogen and oxygen atoms in total. The minimum Gasteiger partial charge on any atom is -0.493 e. The fourth-order valence-electron chi connectivity index (χ4n) is 3.68. The molecule has 0 aliphatic heterocycles. The van der Waals surface area contributed by atoms with Gasteiger partial charge in [0.25, 0.3) is 0 Å². The lowest BCUT2D eigenvalue weighted by molar-refractivity contribution is 0.229. The Balaban J connectivity index is 1.78. The third-order valence-electron chi connectivity index (χ3n) is 5.31. The van der Waals surface area contributed by atoms with Crippen LogP contribution < -0.4 is 20.1 Å². The Morgan fingerprint density at radius 2 is 1.83 bits per heavy atom. The summed E-state index contributed by atoms with van der Waals surface area (Å²) < 4.78 is 10.8. The predicted molar refractivity (Wildman–Crippen MR) is 93.9 cm³/mol. The Kier molecular flexibility index (Phi) is 5.17. The lowest BCUT2D eigenvalue weighted by atomic mass is 9.69. The molecule has 2 saturated carbocycles. The molecule has 2 amide bonds. The van der Waals surface area contributed by atoms with Gasteiger partial charge in [-0.2, -0.15) is 0 Å². The zero-order chi connectivity index (χ0) is 17.0. The molecule has 2 fully saturated rings. The summed E-state index contributed by atoms with van der Waals surface area (Å²) in [6, 6.07) is 6.50. The van der Waals surface area contributed by atoms with E-state index in [1.165, 1.54) is 24.8 Å². The molecular formula is C19H28N2O3. The number of urea groups is 1. The van der Waals surface area contributed by atoms with Crippen LogP contribution in [0.25, 0.3) is 0 Å². The first-order valence-electron chi connectivity index (χ1n) is 8.94. The zero-order valence-corrected chi connectivity index (χ0v) is 14.7. The molecule has 0 saturated heterocycles. The van der Waals surface area contributed by atoms with E-state index in [4.69, 9.17) is 9.47 Å². The van der Waals surface area contributed by atoms with Crippen molar-refractivity contribution in [3.63, 3.8) is 0 Å². The summed E-state index contributed by atoms with van der Waals surface area (Å²) in [4.78, 5) is 12.1. The molecule has 0 unspecified atom stereocenters. The van der Waals surface area contributed by atoms with Gasteiger partial charge in [0.1, 0.15) is 0 Å². The molecule has 0 atom stereocenters. The van der Waals surface area contributed by atoms with Crippen molar-refractivity contribution in [2.75, 3.05) is 20.8 Å². The maximum Gasteiger partial charge on any atom is 0.315 e. The molecule has 1 aromatic rings. The standard InChI is InChI=1S/C19H28N2O3/c1-23-16-9-6-14(12-17(16)24-2)19(10-4-3-5-11-19)13-20-18(22)21-15-7-8-15/h6,9,12,15H,3-5,7-8,10-11,13H2,1-2H3,(H2,20,21,22). The van der Waals surface area contributed by atoms with E-state index >= 15 is 0 Å². The van der Waals surface area contributed by atoms with Crippen molar-refractivity contribution < 1.29 is 14.3 Å². The molecule has 5 heteroatoms. The summed E-state index contributed by atoms with van der Waals surface area (Å²) in [6.07, 6.45) is 8.05. The van der Waals surface area contributed by atoms with Crippen LogP contribution in [0.4, 0.5) is 4.79 Å². The number of carbonyl (C=O) groups is 1. The molecule has 2 N–H and O–H groups in total. The van der Waals surface area contributed by atoms with E-state index < -0.39 is 0 Å². The molecule has 0 spiro atoms. The molecule has 2 aliphatic carbocycles. The first-order valence-corrected chi connectivity index (χ1v) is 8.94. The SMILES string of the molecule is COc1ccc(C2(CNC(=O)NC3CC3)CCCCC2)cc1OC. The van der Waals surface area contributed by atoms with Crippen molar-refractivity contribution in [1.29, 1.82) is 0 Å². The number of nitrogens with one attached hydrogen (secondary N) is 2. The van der Waals surface area contributed by atoms with Crippen LogP contribution in [0.5, 0.6) is 11.5 Å². The molecule has 24 heavy (non-hydrogen) atoms. The molecule has 3 rings (SSSR count). The smallest absolute Gasteiger partial charge is 0.315 e. The monoisotopic (exact) mass is 332 g/mol. The summed E-state index contributed by atoms with van der Waals surface area (Å²) >= 11 is 0. The quantitative estimate of drug-likeness (QED) is 0.840. The van der Waals surface area contributed by atoms with Crippen molar-refractivity contribution in [2.24, 2.45) is 0 Å². The molecule has 2 aliphatic rings. The second-order valence-electron chi connectivity index (χ2n) is 7.01. The molecule has 132 valence electrons. The summed E-state index contributed by atoms with van der Waals surface area (Å²) in [5.41, 5.74) is 1.21. The van der Waals surface area contributed by atoms with E-state index in [9.17, 15) is 4.79 Å². The number of ether oxygens (including phenoxy) is 2. The average molecular weight is 332 g/mol.